The number of nitrogens with zero attached hydrogens (tertiary/aromatic N) is 1. The van der Waals surface area contributed by atoms with Crippen molar-refractivity contribution in [3.63, 3.8) is 0 Å². The minimum Gasteiger partial charge on any atom is -0.393 e. The summed E-state index contributed by atoms with van der Waals surface area (Å²) < 4.78 is 12.0. The number of hydrogen-bond acceptors (Lipinski definition) is 6. The third-order valence-corrected chi connectivity index (χ3v) is 3.75. The van der Waals surface area contributed by atoms with Crippen molar-refractivity contribution >= 4 is 0 Å². The third kappa shape index (κ3) is 2.20. The highest BCUT2D eigenvalue weighted by molar-refractivity contribution is 5.02. The molecule has 3 N–H and O–H groups in total. The normalized spacial score (nSPS) is 33.5. The second-order valence-electron chi connectivity index (χ2n) is 4.75. The predicted octanol–water partition coefficient (Wildman–Crippen LogP) is -1.42. The lowest BCUT2D eigenvalue weighted by Gasteiger charge is -2.28. The van der Waals surface area contributed by atoms with E-state index in [1.165, 1.54) is 19.4 Å². The zero-order chi connectivity index (χ0) is 14.9. The molecule has 4 unspecified atom stereocenters. The van der Waals surface area contributed by atoms with Gasteiger partial charge in [0.25, 0.3) is 5.56 Å². The van der Waals surface area contributed by atoms with Gasteiger partial charge in [0.1, 0.15) is 17.8 Å². The van der Waals surface area contributed by atoms with Crippen LogP contribution in [0.15, 0.2) is 21.9 Å². The molecule has 8 nitrogen and oxygen atoms in total. The minimum absolute atomic E-state index is 0.346. The standard InChI is InChI=1S/C12H18N2O6/c1-3-12(6-15)9(17)8(19-2)10(20-12)14-5-4-7(16)13-11(14)18/h4-5,8-10,15,17H,3,6H2,1-2H3,(H,13,16,18). The van der Waals surface area contributed by atoms with E-state index in [4.69, 9.17) is 9.47 Å². The first-order chi connectivity index (χ1) is 9.49. The highest BCUT2D eigenvalue weighted by Crippen LogP contribution is 2.39. The average Bonchev–Trinajstić information content (AvgIpc) is 2.71. The topological polar surface area (TPSA) is 114 Å². The van der Waals surface area contributed by atoms with Gasteiger partial charge >= 0.3 is 5.69 Å². The molecular formula is C12H18N2O6. The van der Waals surface area contributed by atoms with E-state index in [1.54, 1.807) is 6.92 Å². The number of nitrogens with one attached hydrogen (secondary N) is 1. The van der Waals surface area contributed by atoms with Gasteiger partial charge in [-0.1, -0.05) is 6.92 Å². The maximum Gasteiger partial charge on any atom is 0.330 e. The van der Waals surface area contributed by atoms with Crippen LogP contribution < -0.4 is 11.2 Å². The fraction of sp³-hybridized carbons (Fsp3) is 0.667. The Morgan fingerprint density at radius 1 is 1.55 bits per heavy atom. The third-order valence-electron chi connectivity index (χ3n) is 3.75. The summed E-state index contributed by atoms with van der Waals surface area (Å²) >= 11 is 0. The van der Waals surface area contributed by atoms with Gasteiger partial charge in [0.2, 0.25) is 0 Å². The molecule has 2 rings (SSSR count). The first-order valence-corrected chi connectivity index (χ1v) is 6.30. The first kappa shape index (κ1) is 14.9. The number of rotatable bonds is 4. The Hall–Kier alpha value is -1.48. The number of methoxy groups -OCH3 is 1. The molecule has 0 bridgehead atoms. The van der Waals surface area contributed by atoms with Gasteiger partial charge in [-0.05, 0) is 6.42 Å². The lowest BCUT2D eigenvalue weighted by Crippen LogP contribution is -2.46. The molecule has 20 heavy (non-hydrogen) atoms. The highest BCUT2D eigenvalue weighted by atomic mass is 16.6. The zero-order valence-corrected chi connectivity index (χ0v) is 11.3. The molecule has 1 aromatic rings. The van der Waals surface area contributed by atoms with Crippen LogP contribution in [0.5, 0.6) is 0 Å². The summed E-state index contributed by atoms with van der Waals surface area (Å²) in [5.41, 5.74) is -2.38. The van der Waals surface area contributed by atoms with Gasteiger partial charge in [0, 0.05) is 19.4 Å². The predicted molar refractivity (Wildman–Crippen MR) is 68.4 cm³/mol. The second kappa shape index (κ2) is 5.49. The quantitative estimate of drug-likeness (QED) is 0.626. The van der Waals surface area contributed by atoms with E-state index < -0.39 is 41.9 Å². The Bertz CT molecular complexity index is 576. The molecule has 0 aromatic carbocycles. The minimum atomic E-state index is -1.19. The van der Waals surface area contributed by atoms with E-state index in [2.05, 4.69) is 4.98 Å². The molecule has 0 aliphatic carbocycles. The number of hydrogen-bond donors (Lipinski definition) is 3. The summed E-state index contributed by atoms with van der Waals surface area (Å²) in [6, 6.07) is 1.18. The Morgan fingerprint density at radius 2 is 2.25 bits per heavy atom. The van der Waals surface area contributed by atoms with Gasteiger partial charge in [0.15, 0.2) is 6.23 Å². The summed E-state index contributed by atoms with van der Waals surface area (Å²) in [6.45, 7) is 1.35. The van der Waals surface area contributed by atoms with Crippen LogP contribution in [0.25, 0.3) is 0 Å². The van der Waals surface area contributed by atoms with Crippen LogP contribution >= 0.6 is 0 Å². The van der Waals surface area contributed by atoms with Crippen molar-refractivity contribution in [1.82, 2.24) is 9.55 Å². The van der Waals surface area contributed by atoms with Gasteiger partial charge < -0.3 is 19.7 Å². The van der Waals surface area contributed by atoms with Crippen molar-refractivity contribution in [1.29, 1.82) is 0 Å². The molecule has 1 aliphatic heterocycles. The molecule has 8 heteroatoms. The smallest absolute Gasteiger partial charge is 0.330 e. The number of aromatic nitrogens is 2. The van der Waals surface area contributed by atoms with Crippen LogP contribution in [0.4, 0.5) is 0 Å². The van der Waals surface area contributed by atoms with Crippen molar-refractivity contribution in [2.45, 2.75) is 37.4 Å². The molecule has 0 amide bonds. The van der Waals surface area contributed by atoms with E-state index in [-0.39, 0.29) is 0 Å². The summed E-state index contributed by atoms with van der Waals surface area (Å²) in [5.74, 6) is 0. The van der Waals surface area contributed by atoms with Crippen molar-refractivity contribution in [3.8, 4) is 0 Å². The van der Waals surface area contributed by atoms with Gasteiger partial charge in [-0.3, -0.25) is 14.3 Å². The van der Waals surface area contributed by atoms with E-state index in [9.17, 15) is 19.8 Å². The van der Waals surface area contributed by atoms with Crippen molar-refractivity contribution in [2.24, 2.45) is 0 Å². The van der Waals surface area contributed by atoms with Crippen LogP contribution in [0.3, 0.4) is 0 Å². The zero-order valence-electron chi connectivity index (χ0n) is 11.3. The molecular weight excluding hydrogens is 268 g/mol. The largest absolute Gasteiger partial charge is 0.393 e. The lowest BCUT2D eigenvalue weighted by atomic mass is 9.93. The van der Waals surface area contributed by atoms with Crippen LogP contribution in [-0.2, 0) is 9.47 Å². The fourth-order valence-corrected chi connectivity index (χ4v) is 2.46. The van der Waals surface area contributed by atoms with E-state index in [1.807, 2.05) is 0 Å². The Labute approximate surface area is 114 Å². The summed E-state index contributed by atoms with van der Waals surface area (Å²) in [5, 5.41) is 19.8. The Balaban J connectivity index is 2.46. The van der Waals surface area contributed by atoms with Crippen LogP contribution in [0.1, 0.15) is 19.6 Å². The molecule has 0 saturated carbocycles. The fourth-order valence-electron chi connectivity index (χ4n) is 2.46. The Kier molecular flexibility index (Phi) is 4.09. The molecule has 1 fully saturated rings. The maximum atomic E-state index is 11.8. The van der Waals surface area contributed by atoms with E-state index >= 15 is 0 Å². The molecule has 1 aromatic heterocycles. The number of aliphatic hydroxyl groups excluding tert-OH is 2. The number of aliphatic hydroxyl groups is 2. The van der Waals surface area contributed by atoms with Crippen molar-refractivity contribution in [2.75, 3.05) is 13.7 Å². The van der Waals surface area contributed by atoms with Crippen LogP contribution in [-0.4, -0.2) is 51.3 Å². The average molecular weight is 286 g/mol. The highest BCUT2D eigenvalue weighted by Gasteiger charge is 2.54. The number of aromatic amines is 1. The molecule has 2 heterocycles. The second-order valence-corrected chi connectivity index (χ2v) is 4.75. The molecule has 112 valence electrons. The number of ether oxygens (including phenoxy) is 2. The summed E-state index contributed by atoms with van der Waals surface area (Å²) in [4.78, 5) is 25.0. The molecule has 0 radical (unpaired) electrons. The van der Waals surface area contributed by atoms with E-state index in [0.717, 1.165) is 4.57 Å². The SMILES string of the molecule is CCC1(CO)OC(n2ccc(=O)[nH]c2=O)C(OC)C1O. The van der Waals surface area contributed by atoms with Crippen molar-refractivity contribution < 1.29 is 19.7 Å². The molecule has 4 atom stereocenters. The summed E-state index contributed by atoms with van der Waals surface area (Å²) in [6.07, 6.45) is -1.23. The van der Waals surface area contributed by atoms with Gasteiger partial charge in [-0.2, -0.15) is 0 Å². The molecule has 1 aliphatic rings. The van der Waals surface area contributed by atoms with Gasteiger partial charge in [-0.25, -0.2) is 4.79 Å². The Morgan fingerprint density at radius 3 is 2.75 bits per heavy atom. The van der Waals surface area contributed by atoms with E-state index in [0.29, 0.717) is 6.42 Å². The lowest BCUT2D eigenvalue weighted by molar-refractivity contribution is -0.131. The molecule has 1 saturated heterocycles. The first-order valence-electron chi connectivity index (χ1n) is 6.30. The van der Waals surface area contributed by atoms with Crippen LogP contribution in [0, 0.1) is 0 Å². The number of H-pyrrole nitrogens is 1. The maximum absolute atomic E-state index is 11.8. The van der Waals surface area contributed by atoms with Gasteiger partial charge in [-0.15, -0.1) is 0 Å². The summed E-state index contributed by atoms with van der Waals surface area (Å²) in [7, 11) is 1.38. The van der Waals surface area contributed by atoms with Crippen molar-refractivity contribution in [3.05, 3.63) is 33.1 Å². The molecule has 0 spiro atoms. The van der Waals surface area contributed by atoms with Crippen LogP contribution in [0.2, 0.25) is 0 Å². The monoisotopic (exact) mass is 286 g/mol. The van der Waals surface area contributed by atoms with Gasteiger partial charge in [0.05, 0.1) is 6.61 Å².